The fourth-order valence-electron chi connectivity index (χ4n) is 1.05. The van der Waals surface area contributed by atoms with Gasteiger partial charge in [-0.3, -0.25) is 0 Å². The van der Waals surface area contributed by atoms with Crippen LogP contribution in [0.2, 0.25) is 0 Å². The maximum atomic E-state index is 8.78. The highest BCUT2D eigenvalue weighted by atomic mass is 16.5. The average Bonchev–Trinajstić information content (AvgIpc) is 2.27. The third kappa shape index (κ3) is 3.69. The fraction of sp³-hybridized carbons (Fsp3) is 0.556. The van der Waals surface area contributed by atoms with Gasteiger partial charge < -0.3 is 20.5 Å². The lowest BCUT2D eigenvalue weighted by molar-refractivity contribution is 0.303. The van der Waals surface area contributed by atoms with E-state index >= 15 is 0 Å². The first-order valence-electron chi connectivity index (χ1n) is 4.75. The Kier molecular flexibility index (Phi) is 4.79. The van der Waals surface area contributed by atoms with E-state index in [1.807, 2.05) is 11.9 Å². The number of nitrogens with zero attached hydrogens (tertiary/aromatic N) is 3. The van der Waals surface area contributed by atoms with Crippen molar-refractivity contribution in [3.05, 3.63) is 12.4 Å². The zero-order chi connectivity index (χ0) is 11.1. The highest BCUT2D eigenvalue weighted by Gasteiger charge is 2.03. The molecule has 3 N–H and O–H groups in total. The van der Waals surface area contributed by atoms with Gasteiger partial charge in [0.25, 0.3) is 0 Å². The lowest BCUT2D eigenvalue weighted by Crippen LogP contribution is -2.22. The van der Waals surface area contributed by atoms with Crippen molar-refractivity contribution in [3.8, 4) is 5.88 Å². The third-order valence-electron chi connectivity index (χ3n) is 1.82. The summed E-state index contributed by atoms with van der Waals surface area (Å²) in [4.78, 5) is 9.82. The molecule has 0 aliphatic rings. The van der Waals surface area contributed by atoms with E-state index in [-0.39, 0.29) is 6.61 Å². The molecule has 84 valence electrons. The van der Waals surface area contributed by atoms with Crippen LogP contribution in [0.15, 0.2) is 12.4 Å². The monoisotopic (exact) mass is 212 g/mol. The number of ether oxygens (including phenoxy) is 1. The lowest BCUT2D eigenvalue weighted by Gasteiger charge is -2.16. The molecule has 0 bridgehead atoms. The smallest absolute Gasteiger partial charge is 0.218 e. The first-order chi connectivity index (χ1) is 7.27. The first kappa shape index (κ1) is 11.7. The molecule has 0 atom stereocenters. The van der Waals surface area contributed by atoms with Crippen LogP contribution in [-0.2, 0) is 0 Å². The van der Waals surface area contributed by atoms with Gasteiger partial charge in [0.05, 0.1) is 6.61 Å². The van der Waals surface area contributed by atoms with Crippen LogP contribution in [0.4, 0.5) is 5.82 Å². The number of aliphatic hydroxyl groups excluding tert-OH is 1. The van der Waals surface area contributed by atoms with Crippen molar-refractivity contribution < 1.29 is 9.84 Å². The number of rotatable bonds is 6. The maximum Gasteiger partial charge on any atom is 0.218 e. The van der Waals surface area contributed by atoms with Crippen LogP contribution in [-0.4, -0.2) is 48.4 Å². The molecule has 1 aromatic heterocycles. The van der Waals surface area contributed by atoms with E-state index in [0.717, 1.165) is 0 Å². The molecule has 0 saturated heterocycles. The van der Waals surface area contributed by atoms with Gasteiger partial charge in [0.1, 0.15) is 18.8 Å². The molecule has 0 aliphatic carbocycles. The maximum absolute atomic E-state index is 8.78. The minimum absolute atomic E-state index is 0.0828. The van der Waals surface area contributed by atoms with Gasteiger partial charge >= 0.3 is 0 Å². The Morgan fingerprint density at radius 3 is 3.00 bits per heavy atom. The number of aromatic nitrogens is 2. The first-order valence-corrected chi connectivity index (χ1v) is 4.75. The van der Waals surface area contributed by atoms with Crippen molar-refractivity contribution in [1.82, 2.24) is 9.97 Å². The van der Waals surface area contributed by atoms with Gasteiger partial charge in [-0.1, -0.05) is 0 Å². The molecule has 0 unspecified atom stereocenters. The summed E-state index contributed by atoms with van der Waals surface area (Å²) in [7, 11) is 1.84. The minimum atomic E-state index is 0.0828. The van der Waals surface area contributed by atoms with Gasteiger partial charge in [-0.05, 0) is 0 Å². The van der Waals surface area contributed by atoms with Crippen molar-refractivity contribution in [3.63, 3.8) is 0 Å². The largest absolute Gasteiger partial charge is 0.476 e. The summed E-state index contributed by atoms with van der Waals surface area (Å²) < 4.78 is 5.26. The van der Waals surface area contributed by atoms with Crippen molar-refractivity contribution in [2.45, 2.75) is 0 Å². The molecule has 0 aliphatic heterocycles. The predicted octanol–water partition coefficient (Wildman–Crippen LogP) is -0.757. The van der Waals surface area contributed by atoms with Crippen molar-refractivity contribution in [2.75, 3.05) is 38.3 Å². The molecule has 0 saturated carbocycles. The summed E-state index contributed by atoms with van der Waals surface area (Å²) in [5.74, 6) is 1.21. The fourth-order valence-corrected chi connectivity index (χ4v) is 1.05. The average molecular weight is 212 g/mol. The number of hydrogen-bond acceptors (Lipinski definition) is 6. The van der Waals surface area contributed by atoms with Crippen LogP contribution in [0, 0.1) is 0 Å². The van der Waals surface area contributed by atoms with E-state index < -0.39 is 0 Å². The topological polar surface area (TPSA) is 84.5 Å². The standard InChI is InChI=1S/C9H16N4O2/c1-13(3-4-14)8-6-9(12-7-11-8)15-5-2-10/h6-7,14H,2-5,10H2,1H3. The van der Waals surface area contributed by atoms with Crippen LogP contribution < -0.4 is 15.4 Å². The van der Waals surface area contributed by atoms with Crippen molar-refractivity contribution in [2.24, 2.45) is 5.73 Å². The molecule has 1 heterocycles. The summed E-state index contributed by atoms with van der Waals surface area (Å²) in [6.07, 6.45) is 1.43. The van der Waals surface area contributed by atoms with E-state index in [4.69, 9.17) is 15.6 Å². The Bertz CT molecular complexity index is 295. The van der Waals surface area contributed by atoms with Crippen LogP contribution in [0.5, 0.6) is 5.88 Å². The predicted molar refractivity (Wildman–Crippen MR) is 56.9 cm³/mol. The van der Waals surface area contributed by atoms with E-state index in [2.05, 4.69) is 9.97 Å². The molecule has 0 radical (unpaired) electrons. The Morgan fingerprint density at radius 2 is 2.33 bits per heavy atom. The van der Waals surface area contributed by atoms with Gasteiger partial charge in [0.15, 0.2) is 0 Å². The number of nitrogens with two attached hydrogens (primary N) is 1. The van der Waals surface area contributed by atoms with E-state index in [9.17, 15) is 0 Å². The molecule has 0 amide bonds. The second-order valence-electron chi connectivity index (χ2n) is 3.00. The van der Waals surface area contributed by atoms with Crippen LogP contribution in [0.3, 0.4) is 0 Å². The van der Waals surface area contributed by atoms with Gasteiger partial charge in [-0.25, -0.2) is 9.97 Å². The quantitative estimate of drug-likeness (QED) is 0.645. The second kappa shape index (κ2) is 6.15. The Hall–Kier alpha value is -1.40. The molecular formula is C9H16N4O2. The molecule has 1 aromatic rings. The van der Waals surface area contributed by atoms with Gasteiger partial charge in [-0.2, -0.15) is 0 Å². The zero-order valence-corrected chi connectivity index (χ0v) is 8.76. The van der Waals surface area contributed by atoms with Gasteiger partial charge in [0.2, 0.25) is 5.88 Å². The van der Waals surface area contributed by atoms with E-state index in [0.29, 0.717) is 31.4 Å². The SMILES string of the molecule is CN(CCO)c1cc(OCCN)ncn1. The highest BCUT2D eigenvalue weighted by molar-refractivity contribution is 5.39. The third-order valence-corrected chi connectivity index (χ3v) is 1.82. The van der Waals surface area contributed by atoms with Crippen molar-refractivity contribution in [1.29, 1.82) is 0 Å². The molecule has 1 rings (SSSR count). The van der Waals surface area contributed by atoms with Crippen LogP contribution >= 0.6 is 0 Å². The summed E-state index contributed by atoms with van der Waals surface area (Å²) in [6, 6.07) is 1.71. The molecule has 6 nitrogen and oxygen atoms in total. The van der Waals surface area contributed by atoms with Crippen LogP contribution in [0.25, 0.3) is 0 Å². The molecule has 0 aromatic carbocycles. The molecule has 0 spiro atoms. The zero-order valence-electron chi connectivity index (χ0n) is 8.76. The number of anilines is 1. The van der Waals surface area contributed by atoms with E-state index in [1.165, 1.54) is 6.33 Å². The summed E-state index contributed by atoms with van der Waals surface area (Å²) in [6.45, 7) is 1.48. The summed E-state index contributed by atoms with van der Waals surface area (Å²) in [5.41, 5.74) is 5.31. The normalized spacial score (nSPS) is 10.1. The Balaban J connectivity index is 2.64. The van der Waals surface area contributed by atoms with Crippen LogP contribution in [0.1, 0.15) is 0 Å². The lowest BCUT2D eigenvalue weighted by atomic mass is 10.5. The number of hydrogen-bond donors (Lipinski definition) is 2. The van der Waals surface area contributed by atoms with Gasteiger partial charge in [-0.15, -0.1) is 0 Å². The van der Waals surface area contributed by atoms with E-state index in [1.54, 1.807) is 6.07 Å². The highest BCUT2D eigenvalue weighted by Crippen LogP contribution is 2.13. The number of likely N-dealkylation sites (N-methyl/N-ethyl adjacent to an activating group) is 1. The molecule has 6 heteroatoms. The molecule has 15 heavy (non-hydrogen) atoms. The summed E-state index contributed by atoms with van der Waals surface area (Å²) in [5, 5.41) is 8.78. The number of aliphatic hydroxyl groups is 1. The Morgan fingerprint density at radius 1 is 1.53 bits per heavy atom. The summed E-state index contributed by atoms with van der Waals surface area (Å²) >= 11 is 0. The van der Waals surface area contributed by atoms with Gasteiger partial charge in [0, 0.05) is 26.2 Å². The molecular weight excluding hydrogens is 196 g/mol. The van der Waals surface area contributed by atoms with Crippen molar-refractivity contribution >= 4 is 5.82 Å². The Labute approximate surface area is 88.7 Å². The molecule has 0 fully saturated rings. The minimum Gasteiger partial charge on any atom is -0.476 e. The second-order valence-corrected chi connectivity index (χ2v) is 3.00.